The molecular weight excluding hydrogens is 320 g/mol. The Balaban J connectivity index is 1.78. The maximum Gasteiger partial charge on any atom is 0.274 e. The molecule has 1 aromatic rings. The third-order valence-electron chi connectivity index (χ3n) is 5.23. The van der Waals surface area contributed by atoms with E-state index in [1.165, 1.54) is 17.7 Å². The Labute approximate surface area is 149 Å². The van der Waals surface area contributed by atoms with Crippen molar-refractivity contribution in [2.24, 2.45) is 0 Å². The molecule has 1 atom stereocenters. The van der Waals surface area contributed by atoms with Gasteiger partial charge in [0.2, 0.25) is 0 Å². The Hall–Kier alpha value is -1.01. The van der Waals surface area contributed by atoms with Crippen molar-refractivity contribution in [2.45, 2.75) is 58.0 Å². The molecule has 24 heavy (non-hydrogen) atoms. The van der Waals surface area contributed by atoms with Crippen molar-refractivity contribution >= 4 is 17.7 Å². The number of aromatic nitrogens is 2. The lowest BCUT2D eigenvalue weighted by molar-refractivity contribution is 0.0716. The van der Waals surface area contributed by atoms with Crippen molar-refractivity contribution in [1.82, 2.24) is 20.0 Å². The zero-order valence-corrected chi connectivity index (χ0v) is 15.8. The quantitative estimate of drug-likeness (QED) is 0.800. The third-order valence-corrected chi connectivity index (χ3v) is 5.84. The van der Waals surface area contributed by atoms with E-state index in [0.717, 1.165) is 69.7 Å². The summed E-state index contributed by atoms with van der Waals surface area (Å²) in [5.41, 5.74) is 3.23. The van der Waals surface area contributed by atoms with Crippen LogP contribution in [0.1, 0.15) is 54.4 Å². The van der Waals surface area contributed by atoms with E-state index < -0.39 is 0 Å². The summed E-state index contributed by atoms with van der Waals surface area (Å²) in [7, 11) is 0. The number of thioether (sulfide) groups is 1. The van der Waals surface area contributed by atoms with Crippen molar-refractivity contribution in [2.75, 3.05) is 31.6 Å². The summed E-state index contributed by atoms with van der Waals surface area (Å²) in [5, 5.41) is 8.36. The molecule has 1 aliphatic carbocycles. The number of likely N-dealkylation sites (tertiary alicyclic amines) is 1. The Kier molecular flexibility index (Phi) is 6.22. The van der Waals surface area contributed by atoms with E-state index in [-0.39, 0.29) is 5.91 Å². The van der Waals surface area contributed by atoms with Gasteiger partial charge in [0.25, 0.3) is 5.91 Å². The molecule has 0 bridgehead atoms. The fourth-order valence-corrected chi connectivity index (χ4v) is 4.23. The van der Waals surface area contributed by atoms with E-state index >= 15 is 0 Å². The molecule has 0 saturated carbocycles. The standard InChI is InChI=1S/C18H30N4OS/c1-3-22-16-8-7-14(19-9-12-24-2)13-15(16)17(20-22)18(23)21-10-5-4-6-11-21/h14,19H,3-13H2,1-2H3. The van der Waals surface area contributed by atoms with Crippen LogP contribution < -0.4 is 5.32 Å². The summed E-state index contributed by atoms with van der Waals surface area (Å²) >= 11 is 1.87. The van der Waals surface area contributed by atoms with Crippen LogP contribution in [0.5, 0.6) is 0 Å². The molecule has 0 radical (unpaired) electrons. The largest absolute Gasteiger partial charge is 0.337 e. The number of carbonyl (C=O) groups is 1. The molecule has 1 aliphatic heterocycles. The Morgan fingerprint density at radius 1 is 1.33 bits per heavy atom. The average Bonchev–Trinajstić information content (AvgIpc) is 3.00. The van der Waals surface area contributed by atoms with Gasteiger partial charge in [-0.05, 0) is 51.7 Å². The Morgan fingerprint density at radius 3 is 2.83 bits per heavy atom. The maximum atomic E-state index is 13.0. The van der Waals surface area contributed by atoms with E-state index in [9.17, 15) is 4.79 Å². The minimum absolute atomic E-state index is 0.155. The smallest absolute Gasteiger partial charge is 0.274 e. The highest BCUT2D eigenvalue weighted by molar-refractivity contribution is 7.98. The molecule has 1 unspecified atom stereocenters. The molecule has 1 fully saturated rings. The van der Waals surface area contributed by atoms with Crippen LogP contribution in [0.25, 0.3) is 0 Å². The topological polar surface area (TPSA) is 50.2 Å². The Morgan fingerprint density at radius 2 is 2.12 bits per heavy atom. The van der Waals surface area contributed by atoms with Gasteiger partial charge in [0, 0.05) is 49.2 Å². The summed E-state index contributed by atoms with van der Waals surface area (Å²) in [6, 6.07) is 0.479. The zero-order chi connectivity index (χ0) is 16.9. The number of amides is 1. The van der Waals surface area contributed by atoms with Gasteiger partial charge < -0.3 is 10.2 Å². The number of nitrogens with one attached hydrogen (secondary N) is 1. The fraction of sp³-hybridized carbons (Fsp3) is 0.778. The molecule has 2 heterocycles. The molecule has 134 valence electrons. The van der Waals surface area contributed by atoms with Gasteiger partial charge in [0.1, 0.15) is 0 Å². The summed E-state index contributed by atoms with van der Waals surface area (Å²) in [4.78, 5) is 15.0. The Bertz CT molecular complexity index is 566. The van der Waals surface area contributed by atoms with E-state index in [2.05, 4.69) is 23.2 Å². The lowest BCUT2D eigenvalue weighted by Gasteiger charge is -2.27. The first-order chi connectivity index (χ1) is 11.7. The van der Waals surface area contributed by atoms with Gasteiger partial charge in [0.15, 0.2) is 5.69 Å². The number of piperidine rings is 1. The molecule has 1 saturated heterocycles. The second-order valence-corrected chi connectivity index (χ2v) is 7.81. The van der Waals surface area contributed by atoms with Crippen LogP contribution in [0.15, 0.2) is 0 Å². The second kappa shape index (κ2) is 8.39. The number of aryl methyl sites for hydroxylation is 1. The summed E-state index contributed by atoms with van der Waals surface area (Å²) < 4.78 is 2.06. The van der Waals surface area contributed by atoms with Gasteiger partial charge in [-0.3, -0.25) is 9.48 Å². The summed E-state index contributed by atoms with van der Waals surface area (Å²) in [6.07, 6.45) is 8.75. The highest BCUT2D eigenvalue weighted by Gasteiger charge is 2.31. The molecule has 1 amide bonds. The lowest BCUT2D eigenvalue weighted by atomic mass is 9.91. The van der Waals surface area contributed by atoms with Gasteiger partial charge in [-0.1, -0.05) is 0 Å². The molecule has 1 aromatic heterocycles. The monoisotopic (exact) mass is 350 g/mol. The molecule has 2 aliphatic rings. The van der Waals surface area contributed by atoms with Crippen LogP contribution >= 0.6 is 11.8 Å². The molecule has 3 rings (SSSR count). The molecule has 5 nitrogen and oxygen atoms in total. The maximum absolute atomic E-state index is 13.0. The fourth-order valence-electron chi connectivity index (χ4n) is 3.91. The SMILES string of the molecule is CCn1nc(C(=O)N2CCCCC2)c2c1CCC(NCCSC)C2. The van der Waals surface area contributed by atoms with Crippen LogP contribution in [0, 0.1) is 0 Å². The van der Waals surface area contributed by atoms with Gasteiger partial charge in [-0.25, -0.2) is 0 Å². The lowest BCUT2D eigenvalue weighted by Crippen LogP contribution is -2.38. The molecule has 0 aromatic carbocycles. The number of hydrogen-bond acceptors (Lipinski definition) is 4. The van der Waals surface area contributed by atoms with Crippen LogP contribution in [-0.4, -0.2) is 58.3 Å². The van der Waals surface area contributed by atoms with Crippen molar-refractivity contribution in [1.29, 1.82) is 0 Å². The number of rotatable bonds is 6. The highest BCUT2D eigenvalue weighted by Crippen LogP contribution is 2.26. The van der Waals surface area contributed by atoms with Crippen LogP contribution in [0.3, 0.4) is 0 Å². The van der Waals surface area contributed by atoms with E-state index in [1.807, 2.05) is 16.7 Å². The summed E-state index contributed by atoms with van der Waals surface area (Å²) in [5.74, 6) is 1.29. The van der Waals surface area contributed by atoms with Crippen molar-refractivity contribution in [3.8, 4) is 0 Å². The van der Waals surface area contributed by atoms with Crippen molar-refractivity contribution in [3.63, 3.8) is 0 Å². The second-order valence-electron chi connectivity index (χ2n) is 6.83. The average molecular weight is 351 g/mol. The normalized spacial score (nSPS) is 20.9. The molecule has 1 N–H and O–H groups in total. The highest BCUT2D eigenvalue weighted by atomic mass is 32.2. The minimum atomic E-state index is 0.155. The van der Waals surface area contributed by atoms with Gasteiger partial charge >= 0.3 is 0 Å². The molecule has 0 spiro atoms. The van der Waals surface area contributed by atoms with Gasteiger partial charge in [-0.2, -0.15) is 16.9 Å². The van der Waals surface area contributed by atoms with Crippen LogP contribution in [0.4, 0.5) is 0 Å². The number of fused-ring (bicyclic) bond motifs is 1. The predicted molar refractivity (Wildman–Crippen MR) is 99.9 cm³/mol. The van der Waals surface area contributed by atoms with Crippen molar-refractivity contribution < 1.29 is 4.79 Å². The van der Waals surface area contributed by atoms with E-state index in [1.54, 1.807) is 0 Å². The van der Waals surface area contributed by atoms with E-state index in [0.29, 0.717) is 6.04 Å². The van der Waals surface area contributed by atoms with Gasteiger partial charge in [-0.15, -0.1) is 0 Å². The first-order valence-corrected chi connectivity index (χ1v) is 10.7. The molecular formula is C18H30N4OS. The zero-order valence-electron chi connectivity index (χ0n) is 15.0. The van der Waals surface area contributed by atoms with Crippen LogP contribution in [0.2, 0.25) is 0 Å². The number of nitrogens with zero attached hydrogens (tertiary/aromatic N) is 3. The minimum Gasteiger partial charge on any atom is -0.337 e. The molecule has 6 heteroatoms. The van der Waals surface area contributed by atoms with Crippen LogP contribution in [-0.2, 0) is 19.4 Å². The number of carbonyl (C=O) groups excluding carboxylic acids is 1. The van der Waals surface area contributed by atoms with E-state index in [4.69, 9.17) is 5.10 Å². The number of hydrogen-bond donors (Lipinski definition) is 1. The first kappa shape index (κ1) is 17.8. The van der Waals surface area contributed by atoms with Crippen molar-refractivity contribution in [3.05, 3.63) is 17.0 Å². The van der Waals surface area contributed by atoms with Gasteiger partial charge in [0.05, 0.1) is 0 Å². The summed E-state index contributed by atoms with van der Waals surface area (Å²) in [6.45, 7) is 5.79. The first-order valence-electron chi connectivity index (χ1n) is 9.34. The third kappa shape index (κ3) is 3.80. The predicted octanol–water partition coefficient (Wildman–Crippen LogP) is 2.34.